The Kier molecular flexibility index (Phi) is 7.81. The summed E-state index contributed by atoms with van der Waals surface area (Å²) in [5, 5.41) is 10.0. The van der Waals surface area contributed by atoms with E-state index in [1.807, 2.05) is 6.07 Å². The van der Waals surface area contributed by atoms with E-state index >= 15 is 4.39 Å². The Morgan fingerprint density at radius 2 is 1.79 bits per heavy atom. The molecule has 38 heavy (non-hydrogen) atoms. The fourth-order valence-corrected chi connectivity index (χ4v) is 7.25. The van der Waals surface area contributed by atoms with Crippen molar-refractivity contribution in [3.8, 4) is 0 Å². The molecule has 1 N–H and O–H groups in total. The summed E-state index contributed by atoms with van der Waals surface area (Å²) in [6.07, 6.45) is 3.56. The van der Waals surface area contributed by atoms with Crippen LogP contribution in [0.3, 0.4) is 0 Å². The van der Waals surface area contributed by atoms with Crippen molar-refractivity contribution in [2.75, 3.05) is 18.0 Å². The van der Waals surface area contributed by atoms with Gasteiger partial charge in [0.2, 0.25) is 0 Å². The van der Waals surface area contributed by atoms with E-state index in [9.17, 15) is 14.3 Å². The number of anilines is 1. The molecule has 0 amide bonds. The van der Waals surface area contributed by atoms with Crippen LogP contribution in [0.15, 0.2) is 64.4 Å². The maximum Gasteiger partial charge on any atom is 1.00 e. The number of carbonyl (C=O) groups is 1. The second-order valence-corrected chi connectivity index (χ2v) is 11.4. The molecule has 2 aliphatic rings. The summed E-state index contributed by atoms with van der Waals surface area (Å²) < 4.78 is 32.0. The second kappa shape index (κ2) is 10.7. The minimum atomic E-state index is -1.36. The number of nitrogens with zero attached hydrogens (tertiary/aromatic N) is 2. The van der Waals surface area contributed by atoms with Crippen molar-refractivity contribution in [2.45, 2.75) is 41.0 Å². The Hall–Kier alpha value is -1.74. The van der Waals surface area contributed by atoms with Gasteiger partial charge in [-0.2, -0.15) is 0 Å². The van der Waals surface area contributed by atoms with Crippen LogP contribution >= 0.6 is 35.0 Å². The van der Waals surface area contributed by atoms with Gasteiger partial charge in [0, 0.05) is 41.0 Å². The molecule has 10 heteroatoms. The smallest absolute Gasteiger partial charge is 1.00 e. The first-order chi connectivity index (χ1) is 17.8. The minimum Gasteiger partial charge on any atom is -1.00 e. The first-order valence-corrected chi connectivity index (χ1v) is 13.6. The van der Waals surface area contributed by atoms with Gasteiger partial charge in [-0.1, -0.05) is 65.7 Å². The predicted octanol–water partition coefficient (Wildman–Crippen LogP) is 5.13. The number of para-hydroxylation sites is 1. The molecule has 1 aliphatic heterocycles. The zero-order valence-electron chi connectivity index (χ0n) is 21.6. The number of fused-ring (bicyclic) bond motifs is 3. The number of benzene rings is 3. The van der Waals surface area contributed by atoms with Gasteiger partial charge in [0.1, 0.15) is 5.15 Å². The van der Waals surface area contributed by atoms with Gasteiger partial charge < -0.3 is 16.0 Å². The number of aromatic carboxylic acids is 1. The van der Waals surface area contributed by atoms with Gasteiger partial charge in [-0.05, 0) is 48.7 Å². The molecule has 4 aromatic rings. The van der Waals surface area contributed by atoms with Crippen LogP contribution in [0.5, 0.6) is 0 Å². The number of rotatable bonds is 6. The number of aromatic nitrogens is 1. The minimum absolute atomic E-state index is 0. The van der Waals surface area contributed by atoms with Gasteiger partial charge in [-0.3, -0.25) is 0 Å². The fourth-order valence-electron chi connectivity index (χ4n) is 5.68. The molecule has 6 rings (SSSR count). The van der Waals surface area contributed by atoms with Gasteiger partial charge in [0.15, 0.2) is 11.6 Å². The third-order valence-electron chi connectivity index (χ3n) is 7.63. The second-order valence-electron chi connectivity index (χ2n) is 9.63. The number of hydrogen-bond acceptors (Lipinski definition) is 3. The topological polar surface area (TPSA) is 45.5 Å². The third kappa shape index (κ3) is 4.45. The van der Waals surface area contributed by atoms with Gasteiger partial charge >= 0.3 is 35.5 Å². The Morgan fingerprint density at radius 3 is 2.50 bits per heavy atom. The average Bonchev–Trinajstić information content (AvgIpc) is 3.34. The van der Waals surface area contributed by atoms with Crippen LogP contribution in [0.1, 0.15) is 36.6 Å². The molecule has 1 spiro atoms. The largest absolute Gasteiger partial charge is 1.00 e. The van der Waals surface area contributed by atoms with E-state index in [1.54, 1.807) is 10.6 Å². The predicted molar refractivity (Wildman–Crippen MR) is 145 cm³/mol. The third-order valence-corrected chi connectivity index (χ3v) is 9.58. The Labute approximate surface area is 256 Å². The molecule has 2 heterocycles. The zero-order valence-corrected chi connectivity index (χ0v) is 24.9. The molecule has 1 aromatic heterocycles. The molecule has 0 unspecified atom stereocenters. The maximum absolute atomic E-state index is 15.4. The average molecular weight is 583 g/mol. The summed E-state index contributed by atoms with van der Waals surface area (Å²) in [4.78, 5) is 14.3. The van der Waals surface area contributed by atoms with Crippen molar-refractivity contribution in [3.63, 3.8) is 0 Å². The summed E-state index contributed by atoms with van der Waals surface area (Å²) >= 11 is 14.0. The van der Waals surface area contributed by atoms with Crippen molar-refractivity contribution in [3.05, 3.63) is 87.5 Å². The molecule has 1 fully saturated rings. The fraction of sp³-hybridized carbons (Fsp3) is 0.250. The standard InChI is InChI=1S/C28H22Cl2F2N2O2S.Na.H/c29-19-10-9-17-24(23(19)32)34(26(30)25(17)37-21-8-3-5-16(22(21)31)27(35)36)14-13-33-15-28(11-4-12-28)18-6-1-2-7-20(18)33;;/h1-3,5-10H,4,11-15H2,(H,35,36);;/q;+1;-1. The normalized spacial score (nSPS) is 15.4. The molecule has 1 aliphatic carbocycles. The van der Waals surface area contributed by atoms with Gasteiger partial charge in [-0.15, -0.1) is 0 Å². The van der Waals surface area contributed by atoms with E-state index in [1.165, 1.54) is 54.8 Å². The molecule has 0 atom stereocenters. The summed E-state index contributed by atoms with van der Waals surface area (Å²) in [6.45, 7) is 1.93. The van der Waals surface area contributed by atoms with Gasteiger partial charge in [-0.25, -0.2) is 13.6 Å². The van der Waals surface area contributed by atoms with Crippen LogP contribution in [0.4, 0.5) is 14.5 Å². The van der Waals surface area contributed by atoms with Crippen LogP contribution in [-0.2, 0) is 12.0 Å². The Balaban J connectivity index is 0.00000176. The summed E-state index contributed by atoms with van der Waals surface area (Å²) in [5.74, 6) is -2.81. The van der Waals surface area contributed by atoms with Crippen molar-refractivity contribution in [1.29, 1.82) is 0 Å². The molecule has 3 aromatic carbocycles. The van der Waals surface area contributed by atoms with E-state index in [2.05, 4.69) is 23.1 Å². The summed E-state index contributed by atoms with van der Waals surface area (Å²) in [7, 11) is 0. The molecule has 0 saturated heterocycles. The van der Waals surface area contributed by atoms with Gasteiger partial charge in [0.25, 0.3) is 0 Å². The molecule has 0 radical (unpaired) electrons. The van der Waals surface area contributed by atoms with Crippen LogP contribution in [-0.4, -0.2) is 28.7 Å². The summed E-state index contributed by atoms with van der Waals surface area (Å²) in [5.41, 5.74) is 2.60. The van der Waals surface area contributed by atoms with E-state index in [4.69, 9.17) is 23.2 Å². The van der Waals surface area contributed by atoms with Crippen LogP contribution in [0, 0.1) is 11.6 Å². The van der Waals surface area contributed by atoms with E-state index < -0.39 is 23.2 Å². The molecule has 192 valence electrons. The SMILES string of the molecule is O=C(O)c1cccc(Sc2c(Cl)n(CCN3CC4(CCC4)c4ccccc43)c3c(F)c(Cl)ccc23)c1F.[H-].[Na+]. The maximum atomic E-state index is 15.4. The molecular formula is C28H23Cl2F2N2NaO2S. The van der Waals surface area contributed by atoms with Crippen LogP contribution < -0.4 is 34.5 Å². The number of carboxylic acids is 1. The Morgan fingerprint density at radius 1 is 1.03 bits per heavy atom. The molecular weight excluding hydrogens is 560 g/mol. The molecule has 0 bridgehead atoms. The van der Waals surface area contributed by atoms with Crippen molar-refractivity contribution < 1.29 is 49.7 Å². The zero-order chi connectivity index (χ0) is 25.9. The number of hydrogen-bond donors (Lipinski definition) is 1. The van der Waals surface area contributed by atoms with Crippen molar-refractivity contribution in [2.24, 2.45) is 0 Å². The number of halogens is 4. The van der Waals surface area contributed by atoms with Crippen LogP contribution in [0.25, 0.3) is 10.9 Å². The van der Waals surface area contributed by atoms with Crippen LogP contribution in [0.2, 0.25) is 10.2 Å². The van der Waals surface area contributed by atoms with Crippen molar-refractivity contribution >= 4 is 57.5 Å². The first-order valence-electron chi connectivity index (χ1n) is 12.0. The quantitative estimate of drug-likeness (QED) is 0.320. The summed E-state index contributed by atoms with van der Waals surface area (Å²) in [6, 6.07) is 15.7. The van der Waals surface area contributed by atoms with Gasteiger partial charge in [0.05, 0.1) is 21.0 Å². The van der Waals surface area contributed by atoms with E-state index in [0.717, 1.165) is 18.3 Å². The Bertz CT molecular complexity index is 1580. The van der Waals surface area contributed by atoms with E-state index in [-0.39, 0.29) is 57.0 Å². The molecule has 1 saturated carbocycles. The number of carboxylic acid groups (broad SMARTS) is 1. The van der Waals surface area contributed by atoms with Crippen molar-refractivity contribution in [1.82, 2.24) is 4.57 Å². The molecule has 4 nitrogen and oxygen atoms in total. The van der Waals surface area contributed by atoms with E-state index in [0.29, 0.717) is 23.4 Å². The monoisotopic (exact) mass is 582 g/mol. The first kappa shape index (κ1) is 27.8.